The van der Waals surface area contributed by atoms with Crippen LogP contribution in [0.5, 0.6) is 0 Å². The van der Waals surface area contributed by atoms with Gasteiger partial charge in [0.1, 0.15) is 17.5 Å². The lowest BCUT2D eigenvalue weighted by Crippen LogP contribution is -2.66. The summed E-state index contributed by atoms with van der Waals surface area (Å²) >= 11 is 4.17. The fraction of sp³-hybridized carbons (Fsp3) is 0.550. The number of nitrogens with zero attached hydrogens (tertiary/aromatic N) is 5. The monoisotopic (exact) mass is 653 g/mol. The smallest absolute Gasteiger partial charge is 0.287 e. The van der Waals surface area contributed by atoms with E-state index in [-0.39, 0.29) is 29.2 Å². The summed E-state index contributed by atoms with van der Waals surface area (Å²) in [7, 11) is 0. The van der Waals surface area contributed by atoms with E-state index in [9.17, 15) is 14.0 Å². The molecule has 2 fully saturated rings. The third-order valence-electron chi connectivity index (χ3n) is 6.45. The second kappa shape index (κ2) is 8.06. The minimum absolute atomic E-state index is 0.0682. The lowest BCUT2D eigenvalue weighted by atomic mass is 9.96. The molecule has 166 valence electrons. The van der Waals surface area contributed by atoms with E-state index in [1.54, 1.807) is 11.8 Å². The largest absolute Gasteiger partial charge is 0.381 e. The van der Waals surface area contributed by atoms with Crippen LogP contribution < -0.4 is 15.4 Å². The van der Waals surface area contributed by atoms with Crippen LogP contribution in [0, 0.1) is 12.7 Å². The van der Waals surface area contributed by atoms with Gasteiger partial charge in [0.2, 0.25) is 0 Å². The summed E-state index contributed by atoms with van der Waals surface area (Å²) < 4.78 is 23.7. The van der Waals surface area contributed by atoms with Gasteiger partial charge in [0.15, 0.2) is 5.65 Å². The highest BCUT2D eigenvalue weighted by Crippen LogP contribution is 2.43. The fourth-order valence-electron chi connectivity index (χ4n) is 4.80. The van der Waals surface area contributed by atoms with Crippen LogP contribution in [0.15, 0.2) is 10.9 Å². The summed E-state index contributed by atoms with van der Waals surface area (Å²) in [5, 5.41) is 0.566. The molecule has 2 unspecified atom stereocenters. The Morgan fingerprint density at radius 3 is 2.58 bits per heavy atom. The fourth-order valence-corrected chi connectivity index (χ4v) is 5.94. The summed E-state index contributed by atoms with van der Waals surface area (Å²) in [5.41, 5.74) is 1.35. The second-order valence-electron chi connectivity index (χ2n) is 8.36. The standard InChI is InChI=1S/C20H22FI2N5O3/c1-10-8-25-15(9-26(10)22)19(29)27(12-3-5-31-6-4-12)17-16(25)13-7-14(21)11(2)24-18(13)28(23)20(17)30/h7,10,12,15H,3-6,8-9H2,1-2H3. The molecule has 3 aliphatic rings. The average molecular weight is 653 g/mol. The van der Waals surface area contributed by atoms with Gasteiger partial charge in [0.25, 0.3) is 11.5 Å². The van der Waals surface area contributed by atoms with Crippen LogP contribution in [-0.4, -0.2) is 61.2 Å². The van der Waals surface area contributed by atoms with E-state index in [2.05, 4.69) is 37.9 Å². The molecule has 11 heteroatoms. The maximum Gasteiger partial charge on any atom is 0.287 e. The summed E-state index contributed by atoms with van der Waals surface area (Å²) in [6, 6.07) is 1.09. The number of ether oxygens (including phenoxy) is 1. The van der Waals surface area contributed by atoms with Crippen molar-refractivity contribution < 1.29 is 13.9 Å². The third kappa shape index (κ3) is 3.37. The number of carbonyl (C=O) groups excluding carboxylic acids is 1. The lowest BCUT2D eigenvalue weighted by Gasteiger charge is -2.50. The van der Waals surface area contributed by atoms with Crippen molar-refractivity contribution in [3.05, 3.63) is 27.9 Å². The summed E-state index contributed by atoms with van der Waals surface area (Å²) in [5.74, 6) is -0.488. The Kier molecular flexibility index (Phi) is 5.66. The van der Waals surface area contributed by atoms with Crippen LogP contribution in [0.2, 0.25) is 0 Å². The Hall–Kier alpha value is -1.06. The number of piperazine rings is 1. The molecule has 0 N–H and O–H groups in total. The topological polar surface area (TPSA) is 70.9 Å². The van der Waals surface area contributed by atoms with Gasteiger partial charge < -0.3 is 14.5 Å². The van der Waals surface area contributed by atoms with Crippen molar-refractivity contribution in [2.24, 2.45) is 0 Å². The van der Waals surface area contributed by atoms with Gasteiger partial charge in [-0.05, 0) is 32.8 Å². The molecular weight excluding hydrogens is 631 g/mol. The number of hydrogen-bond donors (Lipinski definition) is 0. The van der Waals surface area contributed by atoms with E-state index in [1.807, 2.05) is 27.8 Å². The van der Waals surface area contributed by atoms with Gasteiger partial charge in [-0.3, -0.25) is 9.59 Å². The molecule has 0 bridgehead atoms. The number of pyridine rings is 2. The van der Waals surface area contributed by atoms with Crippen molar-refractivity contribution in [1.82, 2.24) is 10.9 Å². The molecule has 0 saturated carbocycles. The molecule has 2 aromatic rings. The van der Waals surface area contributed by atoms with Gasteiger partial charge in [-0.1, -0.05) is 0 Å². The van der Waals surface area contributed by atoms with Crippen molar-refractivity contribution in [3.63, 3.8) is 0 Å². The van der Waals surface area contributed by atoms with Crippen LogP contribution in [0.4, 0.5) is 15.8 Å². The van der Waals surface area contributed by atoms with Crippen LogP contribution in [0.25, 0.3) is 11.0 Å². The molecule has 3 aliphatic heterocycles. The van der Waals surface area contributed by atoms with Gasteiger partial charge in [-0.25, -0.2) is 15.3 Å². The van der Waals surface area contributed by atoms with Crippen LogP contribution >= 0.6 is 45.7 Å². The van der Waals surface area contributed by atoms with Crippen molar-refractivity contribution in [2.75, 3.05) is 36.1 Å². The molecule has 2 aromatic heterocycles. The molecule has 5 heterocycles. The van der Waals surface area contributed by atoms with Crippen molar-refractivity contribution in [3.8, 4) is 0 Å². The van der Waals surface area contributed by atoms with Gasteiger partial charge in [0.05, 0.1) is 34.2 Å². The number of carbonyl (C=O) groups is 1. The minimum Gasteiger partial charge on any atom is -0.381 e. The third-order valence-corrected chi connectivity index (χ3v) is 8.69. The van der Waals surface area contributed by atoms with Crippen molar-refractivity contribution in [2.45, 2.75) is 44.8 Å². The molecule has 2 saturated heterocycles. The molecule has 8 nitrogen and oxygen atoms in total. The number of rotatable bonds is 1. The van der Waals surface area contributed by atoms with E-state index < -0.39 is 11.9 Å². The quantitative estimate of drug-likeness (QED) is 0.349. The molecule has 2 atom stereocenters. The zero-order valence-electron chi connectivity index (χ0n) is 17.1. The molecule has 31 heavy (non-hydrogen) atoms. The Morgan fingerprint density at radius 2 is 1.87 bits per heavy atom. The van der Waals surface area contributed by atoms with E-state index in [0.29, 0.717) is 61.6 Å². The SMILES string of the molecule is Cc1nc2c(cc1F)c1c(c(=O)n2I)N(C2CCOCC2)C(=O)C2CN(I)C(C)CN12. The predicted molar refractivity (Wildman–Crippen MR) is 133 cm³/mol. The maximum absolute atomic E-state index is 14.7. The van der Waals surface area contributed by atoms with Crippen LogP contribution in [0.1, 0.15) is 25.5 Å². The number of aromatic nitrogens is 2. The number of amides is 1. The first-order chi connectivity index (χ1) is 14.8. The highest BCUT2D eigenvalue weighted by atomic mass is 127. The number of fused-ring (bicyclic) bond motifs is 5. The van der Waals surface area contributed by atoms with Gasteiger partial charge in [0, 0.05) is 66.6 Å². The second-order valence-corrected chi connectivity index (χ2v) is 10.6. The highest BCUT2D eigenvalue weighted by molar-refractivity contribution is 14.1. The number of hydrogen-bond acceptors (Lipinski definition) is 6. The molecule has 0 aliphatic carbocycles. The molecule has 5 rings (SSSR count). The van der Waals surface area contributed by atoms with Crippen LogP contribution in [-0.2, 0) is 9.53 Å². The van der Waals surface area contributed by atoms with E-state index in [0.717, 1.165) is 0 Å². The Bertz CT molecular complexity index is 1140. The first kappa shape index (κ1) is 21.8. The molecule has 0 aromatic carbocycles. The van der Waals surface area contributed by atoms with Crippen LogP contribution in [0.3, 0.4) is 0 Å². The Labute approximate surface area is 206 Å². The molecule has 0 spiro atoms. The zero-order valence-corrected chi connectivity index (χ0v) is 21.5. The first-order valence-corrected chi connectivity index (χ1v) is 12.2. The van der Waals surface area contributed by atoms with E-state index in [1.165, 1.54) is 8.85 Å². The Balaban J connectivity index is 1.83. The number of halogens is 3. The first-order valence-electron chi connectivity index (χ1n) is 10.3. The normalized spacial score (nSPS) is 25.1. The number of anilines is 2. The summed E-state index contributed by atoms with van der Waals surface area (Å²) in [6.45, 7) is 5.89. The van der Waals surface area contributed by atoms with Gasteiger partial charge in [-0.2, -0.15) is 0 Å². The lowest BCUT2D eigenvalue weighted by molar-refractivity contribution is -0.121. The summed E-state index contributed by atoms with van der Waals surface area (Å²) in [6.07, 6.45) is 1.34. The molecule has 0 radical (unpaired) electrons. The zero-order chi connectivity index (χ0) is 22.0. The summed E-state index contributed by atoms with van der Waals surface area (Å²) in [4.78, 5) is 35.5. The molecule has 1 amide bonds. The Morgan fingerprint density at radius 1 is 1.16 bits per heavy atom. The number of aryl methyl sites for hydroxylation is 1. The van der Waals surface area contributed by atoms with Crippen molar-refractivity contribution in [1.29, 1.82) is 0 Å². The average Bonchev–Trinajstić information content (AvgIpc) is 2.75. The maximum atomic E-state index is 14.7. The highest BCUT2D eigenvalue weighted by Gasteiger charge is 2.47. The van der Waals surface area contributed by atoms with Gasteiger partial charge >= 0.3 is 0 Å². The molecular formula is C20H22FI2N5O3. The van der Waals surface area contributed by atoms with Crippen molar-refractivity contribution >= 4 is 74.0 Å². The van der Waals surface area contributed by atoms with E-state index in [4.69, 9.17) is 4.74 Å². The van der Waals surface area contributed by atoms with E-state index >= 15 is 0 Å². The van der Waals surface area contributed by atoms with Gasteiger partial charge in [-0.15, -0.1) is 0 Å². The predicted octanol–water partition coefficient (Wildman–Crippen LogP) is 2.80. The minimum atomic E-state index is -0.430.